The maximum Gasteiger partial charge on any atom is 0.224 e. The average Bonchev–Trinajstić information content (AvgIpc) is 2.30. The van der Waals surface area contributed by atoms with Gasteiger partial charge in [0.05, 0.1) is 0 Å². The molecule has 1 aromatic rings. The lowest BCUT2D eigenvalue weighted by Crippen LogP contribution is -2.15. The van der Waals surface area contributed by atoms with Gasteiger partial charge in [-0.05, 0) is 22.9 Å². The molecule has 0 saturated carbocycles. The summed E-state index contributed by atoms with van der Waals surface area (Å²) in [6.45, 7) is 2.88. The number of anilines is 1. The zero-order valence-electron chi connectivity index (χ0n) is 6.87. The van der Waals surface area contributed by atoms with E-state index in [0.717, 1.165) is 12.5 Å². The molecule has 0 fully saturated rings. The van der Waals surface area contributed by atoms with Crippen LogP contribution in [-0.4, -0.2) is 28.9 Å². The van der Waals surface area contributed by atoms with Crippen LogP contribution in [0.4, 0.5) is 5.95 Å². The number of aryl methyl sites for hydroxylation is 1. The minimum Gasteiger partial charge on any atom is -0.347 e. The Kier molecular flexibility index (Phi) is 2.49. The van der Waals surface area contributed by atoms with E-state index >= 15 is 0 Å². The Morgan fingerprint density at radius 1 is 1.55 bits per heavy atom. The highest BCUT2D eigenvalue weighted by Crippen LogP contribution is 2.11. The molecule has 0 spiro atoms. The molecule has 0 saturated heterocycles. The third-order valence-electron chi connectivity index (χ3n) is 1.33. The summed E-state index contributed by atoms with van der Waals surface area (Å²) in [4.78, 5) is 6.11. The van der Waals surface area contributed by atoms with Crippen molar-refractivity contribution in [2.45, 2.75) is 13.5 Å². The molecule has 0 bridgehead atoms. The average molecular weight is 219 g/mol. The highest BCUT2D eigenvalue weighted by molar-refractivity contribution is 9.10. The zero-order valence-corrected chi connectivity index (χ0v) is 8.46. The number of halogens is 1. The zero-order chi connectivity index (χ0) is 8.43. The normalized spacial score (nSPS) is 10.2. The predicted molar refractivity (Wildman–Crippen MR) is 47.7 cm³/mol. The van der Waals surface area contributed by atoms with Crippen LogP contribution in [0.5, 0.6) is 0 Å². The van der Waals surface area contributed by atoms with Gasteiger partial charge in [0.25, 0.3) is 0 Å². The van der Waals surface area contributed by atoms with Crippen molar-refractivity contribution in [2.24, 2.45) is 0 Å². The molecule has 0 aliphatic carbocycles. The van der Waals surface area contributed by atoms with Gasteiger partial charge in [-0.1, -0.05) is 0 Å². The molecule has 1 rings (SSSR count). The van der Waals surface area contributed by atoms with E-state index in [0.29, 0.717) is 4.73 Å². The van der Waals surface area contributed by atoms with Crippen molar-refractivity contribution in [3.8, 4) is 0 Å². The minimum atomic E-state index is 0.642. The third kappa shape index (κ3) is 1.71. The van der Waals surface area contributed by atoms with Crippen LogP contribution in [0.1, 0.15) is 6.92 Å². The molecule has 4 nitrogen and oxygen atoms in total. The lowest BCUT2D eigenvalue weighted by Gasteiger charge is -2.10. The van der Waals surface area contributed by atoms with E-state index in [4.69, 9.17) is 0 Å². The second-order valence-corrected chi connectivity index (χ2v) is 3.10. The second-order valence-electron chi connectivity index (χ2n) is 2.39. The Labute approximate surface area is 74.3 Å². The van der Waals surface area contributed by atoms with Crippen LogP contribution < -0.4 is 4.90 Å². The van der Waals surface area contributed by atoms with Crippen molar-refractivity contribution < 1.29 is 0 Å². The molecule has 0 aromatic carbocycles. The van der Waals surface area contributed by atoms with Crippen molar-refractivity contribution >= 4 is 21.9 Å². The van der Waals surface area contributed by atoms with E-state index in [-0.39, 0.29) is 0 Å². The first kappa shape index (κ1) is 8.52. The Balaban J connectivity index is 3.02. The van der Waals surface area contributed by atoms with Crippen LogP contribution in [-0.2, 0) is 6.54 Å². The number of rotatable bonds is 2. The Morgan fingerprint density at radius 2 is 2.18 bits per heavy atom. The molecule has 1 aromatic heterocycles. The highest BCUT2D eigenvalue weighted by atomic mass is 79.9. The molecule has 0 aliphatic heterocycles. The van der Waals surface area contributed by atoms with Crippen LogP contribution in [0.2, 0.25) is 0 Å². The van der Waals surface area contributed by atoms with E-state index < -0.39 is 0 Å². The van der Waals surface area contributed by atoms with Crippen LogP contribution in [0.15, 0.2) is 4.73 Å². The first-order valence-corrected chi connectivity index (χ1v) is 4.22. The van der Waals surface area contributed by atoms with Gasteiger partial charge in [-0.25, -0.2) is 4.68 Å². The van der Waals surface area contributed by atoms with Gasteiger partial charge >= 0.3 is 0 Å². The first-order valence-electron chi connectivity index (χ1n) is 3.42. The van der Waals surface area contributed by atoms with E-state index in [1.54, 1.807) is 0 Å². The van der Waals surface area contributed by atoms with E-state index in [2.05, 4.69) is 26.0 Å². The highest BCUT2D eigenvalue weighted by Gasteiger charge is 2.06. The summed E-state index contributed by atoms with van der Waals surface area (Å²) in [5.41, 5.74) is 0. The summed E-state index contributed by atoms with van der Waals surface area (Å²) in [7, 11) is 3.89. The van der Waals surface area contributed by atoms with Crippen molar-refractivity contribution in [3.05, 3.63) is 4.73 Å². The summed E-state index contributed by atoms with van der Waals surface area (Å²) < 4.78 is 2.48. The Morgan fingerprint density at radius 3 is 2.55 bits per heavy atom. The number of nitrogens with zero attached hydrogens (tertiary/aromatic N) is 4. The van der Waals surface area contributed by atoms with Crippen LogP contribution in [0, 0.1) is 0 Å². The third-order valence-corrected chi connectivity index (χ3v) is 1.66. The fourth-order valence-electron chi connectivity index (χ4n) is 0.850. The van der Waals surface area contributed by atoms with Gasteiger partial charge in [0, 0.05) is 20.6 Å². The van der Waals surface area contributed by atoms with Gasteiger partial charge in [-0.2, -0.15) is 4.98 Å². The number of aromatic nitrogens is 3. The second kappa shape index (κ2) is 3.21. The Hall–Kier alpha value is -0.580. The first-order chi connectivity index (χ1) is 5.15. The molecule has 0 radical (unpaired) electrons. The molecule has 0 N–H and O–H groups in total. The predicted octanol–water partition coefficient (Wildman–Crippen LogP) is 1.13. The maximum absolute atomic E-state index is 4.18. The summed E-state index contributed by atoms with van der Waals surface area (Å²) in [5, 5.41) is 4.13. The SMILES string of the molecule is CCn1nc(Br)nc1N(C)C. The van der Waals surface area contributed by atoms with Crippen molar-refractivity contribution in [2.75, 3.05) is 19.0 Å². The lowest BCUT2D eigenvalue weighted by molar-refractivity contribution is 0.649. The van der Waals surface area contributed by atoms with Gasteiger partial charge < -0.3 is 4.90 Å². The van der Waals surface area contributed by atoms with E-state index in [9.17, 15) is 0 Å². The molecule has 5 heteroatoms. The fraction of sp³-hybridized carbons (Fsp3) is 0.667. The smallest absolute Gasteiger partial charge is 0.224 e. The lowest BCUT2D eigenvalue weighted by atomic mass is 10.7. The van der Waals surface area contributed by atoms with Gasteiger partial charge in [0.1, 0.15) is 0 Å². The van der Waals surface area contributed by atoms with Gasteiger partial charge in [-0.3, -0.25) is 0 Å². The van der Waals surface area contributed by atoms with Gasteiger partial charge in [0.15, 0.2) is 0 Å². The maximum atomic E-state index is 4.18. The molecular formula is C6H11BrN4. The van der Waals surface area contributed by atoms with Crippen LogP contribution in [0.3, 0.4) is 0 Å². The molecule has 0 amide bonds. The summed E-state index contributed by atoms with van der Waals surface area (Å²) >= 11 is 3.22. The largest absolute Gasteiger partial charge is 0.347 e. The molecule has 11 heavy (non-hydrogen) atoms. The number of hydrogen-bond acceptors (Lipinski definition) is 3. The van der Waals surface area contributed by atoms with Crippen LogP contribution >= 0.6 is 15.9 Å². The minimum absolute atomic E-state index is 0.642. The molecule has 1 heterocycles. The fourth-order valence-corrected chi connectivity index (χ4v) is 1.20. The van der Waals surface area contributed by atoms with Crippen LogP contribution in [0.25, 0.3) is 0 Å². The number of hydrogen-bond donors (Lipinski definition) is 0. The molecule has 0 atom stereocenters. The van der Waals surface area contributed by atoms with E-state index in [1.807, 2.05) is 30.6 Å². The molecule has 0 aliphatic rings. The topological polar surface area (TPSA) is 34.0 Å². The van der Waals surface area contributed by atoms with E-state index in [1.165, 1.54) is 0 Å². The van der Waals surface area contributed by atoms with Gasteiger partial charge in [-0.15, -0.1) is 5.10 Å². The van der Waals surface area contributed by atoms with Crippen molar-refractivity contribution in [3.63, 3.8) is 0 Å². The summed E-state index contributed by atoms with van der Waals surface area (Å²) in [6.07, 6.45) is 0. The molecule has 0 unspecified atom stereocenters. The van der Waals surface area contributed by atoms with Gasteiger partial charge in [0.2, 0.25) is 10.7 Å². The van der Waals surface area contributed by atoms with Crippen molar-refractivity contribution in [1.29, 1.82) is 0 Å². The van der Waals surface area contributed by atoms with Crippen molar-refractivity contribution in [1.82, 2.24) is 14.8 Å². The standard InChI is InChI=1S/C6H11BrN4/c1-4-11-6(10(2)3)8-5(7)9-11/h4H2,1-3H3. The Bertz CT molecular complexity index is 243. The summed E-state index contributed by atoms with van der Waals surface area (Å²) in [6, 6.07) is 0. The monoisotopic (exact) mass is 218 g/mol. The summed E-state index contributed by atoms with van der Waals surface area (Å²) in [5.74, 6) is 0.874. The molecular weight excluding hydrogens is 208 g/mol. The molecule has 62 valence electrons. The quantitative estimate of drug-likeness (QED) is 0.747.